The van der Waals surface area contributed by atoms with Crippen molar-refractivity contribution in [3.63, 3.8) is 0 Å². The largest absolute Gasteiger partial charge is 0.312 e. The van der Waals surface area contributed by atoms with Crippen LogP contribution in [0.3, 0.4) is 0 Å². The van der Waals surface area contributed by atoms with Gasteiger partial charge in [0.2, 0.25) is 0 Å². The lowest BCUT2D eigenvalue weighted by Gasteiger charge is -2.44. The van der Waals surface area contributed by atoms with Crippen LogP contribution in [0, 0.1) is 5.41 Å². The van der Waals surface area contributed by atoms with E-state index in [1.165, 1.54) is 44.9 Å². The summed E-state index contributed by atoms with van der Waals surface area (Å²) in [6.45, 7) is 10.5. The van der Waals surface area contributed by atoms with Gasteiger partial charge in [-0.15, -0.1) is 0 Å². The van der Waals surface area contributed by atoms with Crippen molar-refractivity contribution in [2.45, 2.75) is 84.2 Å². The van der Waals surface area contributed by atoms with E-state index >= 15 is 0 Å². The molecule has 0 bridgehead atoms. The fraction of sp³-hybridized carbons (Fsp3) is 1.00. The molecule has 0 aromatic carbocycles. The fourth-order valence-corrected chi connectivity index (χ4v) is 3.55. The predicted octanol–water partition coefficient (Wildman–Crippen LogP) is 4.06. The SMILES string of the molecule is CCCNC(CCC(C)(C)C)C1(N(C)C)CCCC1. The molecule has 114 valence electrons. The number of nitrogens with zero attached hydrogens (tertiary/aromatic N) is 1. The first-order chi connectivity index (χ1) is 8.82. The van der Waals surface area contributed by atoms with Crippen molar-refractivity contribution in [2.24, 2.45) is 5.41 Å². The van der Waals surface area contributed by atoms with E-state index in [9.17, 15) is 0 Å². The monoisotopic (exact) mass is 268 g/mol. The molecule has 1 N–H and O–H groups in total. The van der Waals surface area contributed by atoms with E-state index in [1.807, 2.05) is 0 Å². The summed E-state index contributed by atoms with van der Waals surface area (Å²) >= 11 is 0. The summed E-state index contributed by atoms with van der Waals surface area (Å²) in [4.78, 5) is 2.51. The summed E-state index contributed by atoms with van der Waals surface area (Å²) in [5.41, 5.74) is 0.846. The van der Waals surface area contributed by atoms with Crippen molar-refractivity contribution in [1.29, 1.82) is 0 Å². The molecule has 2 heteroatoms. The van der Waals surface area contributed by atoms with Gasteiger partial charge in [-0.25, -0.2) is 0 Å². The van der Waals surface area contributed by atoms with Gasteiger partial charge in [-0.1, -0.05) is 40.5 Å². The number of hydrogen-bond donors (Lipinski definition) is 1. The number of hydrogen-bond acceptors (Lipinski definition) is 2. The molecule has 1 aliphatic rings. The van der Waals surface area contributed by atoms with Crippen molar-refractivity contribution in [2.75, 3.05) is 20.6 Å². The van der Waals surface area contributed by atoms with Crippen LogP contribution in [0.2, 0.25) is 0 Å². The fourth-order valence-electron chi connectivity index (χ4n) is 3.55. The van der Waals surface area contributed by atoms with Crippen molar-refractivity contribution >= 4 is 0 Å². The van der Waals surface area contributed by atoms with Crippen molar-refractivity contribution < 1.29 is 0 Å². The highest BCUT2D eigenvalue weighted by molar-refractivity contribution is 5.02. The highest BCUT2D eigenvalue weighted by Gasteiger charge is 2.42. The number of rotatable bonds is 7. The van der Waals surface area contributed by atoms with Gasteiger partial charge in [0, 0.05) is 11.6 Å². The van der Waals surface area contributed by atoms with Crippen molar-refractivity contribution in [1.82, 2.24) is 10.2 Å². The van der Waals surface area contributed by atoms with Crippen LogP contribution in [0.5, 0.6) is 0 Å². The molecule has 0 spiro atoms. The molecule has 0 aliphatic heterocycles. The second-order valence-corrected chi connectivity index (χ2v) is 7.81. The maximum absolute atomic E-state index is 3.86. The zero-order chi connectivity index (χ0) is 14.5. The van der Waals surface area contributed by atoms with E-state index in [0.717, 1.165) is 6.54 Å². The van der Waals surface area contributed by atoms with Crippen LogP contribution in [-0.2, 0) is 0 Å². The van der Waals surface area contributed by atoms with Crippen LogP contribution >= 0.6 is 0 Å². The van der Waals surface area contributed by atoms with Crippen LogP contribution in [0.25, 0.3) is 0 Å². The van der Waals surface area contributed by atoms with Gasteiger partial charge in [0.05, 0.1) is 0 Å². The smallest absolute Gasteiger partial charge is 0.0356 e. The Morgan fingerprint density at radius 1 is 1.16 bits per heavy atom. The van der Waals surface area contributed by atoms with Crippen LogP contribution in [0.4, 0.5) is 0 Å². The summed E-state index contributed by atoms with van der Waals surface area (Å²) in [5.74, 6) is 0. The summed E-state index contributed by atoms with van der Waals surface area (Å²) < 4.78 is 0. The van der Waals surface area contributed by atoms with Crippen LogP contribution in [-0.4, -0.2) is 37.1 Å². The Balaban J connectivity index is 2.75. The molecule has 1 aliphatic carbocycles. The molecule has 1 saturated carbocycles. The Morgan fingerprint density at radius 3 is 2.16 bits per heavy atom. The molecule has 1 atom stereocenters. The molecule has 19 heavy (non-hydrogen) atoms. The average Bonchev–Trinajstić information content (AvgIpc) is 2.78. The molecule has 2 nitrogen and oxygen atoms in total. The second kappa shape index (κ2) is 7.08. The number of likely N-dealkylation sites (N-methyl/N-ethyl adjacent to an activating group) is 1. The first kappa shape index (κ1) is 17.0. The quantitative estimate of drug-likeness (QED) is 0.749. The van der Waals surface area contributed by atoms with Gasteiger partial charge in [0.15, 0.2) is 0 Å². The summed E-state index contributed by atoms with van der Waals surface area (Å²) in [6, 6.07) is 0.657. The first-order valence-electron chi connectivity index (χ1n) is 8.22. The predicted molar refractivity (Wildman–Crippen MR) is 85.7 cm³/mol. The van der Waals surface area contributed by atoms with Crippen LogP contribution in [0.1, 0.15) is 72.6 Å². The van der Waals surface area contributed by atoms with Crippen molar-refractivity contribution in [3.05, 3.63) is 0 Å². The summed E-state index contributed by atoms with van der Waals surface area (Å²) in [5, 5.41) is 3.86. The molecule has 0 aromatic rings. The highest BCUT2D eigenvalue weighted by Crippen LogP contribution is 2.39. The first-order valence-corrected chi connectivity index (χ1v) is 8.22. The van der Waals surface area contributed by atoms with Gasteiger partial charge in [-0.05, 0) is 58.2 Å². The second-order valence-electron chi connectivity index (χ2n) is 7.81. The minimum atomic E-state index is 0.403. The van der Waals surface area contributed by atoms with Crippen molar-refractivity contribution in [3.8, 4) is 0 Å². The Kier molecular flexibility index (Phi) is 6.32. The zero-order valence-corrected chi connectivity index (χ0v) is 14.2. The summed E-state index contributed by atoms with van der Waals surface area (Å²) in [6.07, 6.45) is 9.38. The highest BCUT2D eigenvalue weighted by atomic mass is 15.2. The lowest BCUT2D eigenvalue weighted by Crippen LogP contribution is -2.57. The minimum absolute atomic E-state index is 0.403. The maximum atomic E-state index is 3.86. The topological polar surface area (TPSA) is 15.3 Å². The van der Waals surface area contributed by atoms with Gasteiger partial charge < -0.3 is 10.2 Å². The molecular weight excluding hydrogens is 232 g/mol. The lowest BCUT2D eigenvalue weighted by atomic mass is 9.80. The minimum Gasteiger partial charge on any atom is -0.312 e. The van der Waals surface area contributed by atoms with E-state index < -0.39 is 0 Å². The number of nitrogens with one attached hydrogen (secondary N) is 1. The molecule has 0 amide bonds. The zero-order valence-electron chi connectivity index (χ0n) is 14.2. The molecule has 0 radical (unpaired) electrons. The Bertz CT molecular complexity index is 246. The molecule has 1 fully saturated rings. The van der Waals surface area contributed by atoms with E-state index in [1.54, 1.807) is 0 Å². The van der Waals surface area contributed by atoms with Gasteiger partial charge in [-0.3, -0.25) is 0 Å². The molecule has 1 unspecified atom stereocenters. The van der Waals surface area contributed by atoms with E-state index in [4.69, 9.17) is 0 Å². The van der Waals surface area contributed by atoms with Gasteiger partial charge in [0.1, 0.15) is 0 Å². The lowest BCUT2D eigenvalue weighted by molar-refractivity contribution is 0.0931. The van der Waals surface area contributed by atoms with E-state index in [-0.39, 0.29) is 0 Å². The molecule has 0 aromatic heterocycles. The molecular formula is C17H36N2. The van der Waals surface area contributed by atoms with E-state index in [2.05, 4.69) is 52.0 Å². The molecule has 0 saturated heterocycles. The Morgan fingerprint density at radius 2 is 1.74 bits per heavy atom. The standard InChI is InChI=1S/C17H36N2/c1-7-14-18-15(10-13-16(2,3)4)17(19(5)6)11-8-9-12-17/h15,18H,7-14H2,1-6H3. The van der Waals surface area contributed by atoms with Gasteiger partial charge in [0.25, 0.3) is 0 Å². The Hall–Kier alpha value is -0.0800. The maximum Gasteiger partial charge on any atom is 0.0356 e. The average molecular weight is 268 g/mol. The summed E-state index contributed by atoms with van der Waals surface area (Å²) in [7, 11) is 4.56. The van der Waals surface area contributed by atoms with Crippen LogP contribution < -0.4 is 5.32 Å². The molecule has 1 rings (SSSR count). The van der Waals surface area contributed by atoms with Crippen LogP contribution in [0.15, 0.2) is 0 Å². The van der Waals surface area contributed by atoms with E-state index in [0.29, 0.717) is 17.0 Å². The third-order valence-electron chi connectivity index (χ3n) is 4.83. The third-order valence-corrected chi connectivity index (χ3v) is 4.83. The van der Waals surface area contributed by atoms with Gasteiger partial charge in [-0.2, -0.15) is 0 Å². The Labute approximate surface area is 121 Å². The molecule has 0 heterocycles. The van der Waals surface area contributed by atoms with Gasteiger partial charge >= 0.3 is 0 Å². The normalized spacial score (nSPS) is 21.0. The third kappa shape index (κ3) is 4.75.